The van der Waals surface area contributed by atoms with Gasteiger partial charge < -0.3 is 4.44 Å². The van der Waals surface area contributed by atoms with E-state index < -0.39 is 15.0 Å². The second-order valence-electron chi connectivity index (χ2n) is 7.12. The molecule has 1 aliphatic rings. The molecule has 0 saturated heterocycles. The van der Waals surface area contributed by atoms with E-state index in [1.54, 1.807) is 5.30 Å². The van der Waals surface area contributed by atoms with Gasteiger partial charge in [0.2, 0.25) is 0 Å². The molecule has 0 radical (unpaired) electrons. The minimum absolute atomic E-state index is 0.224. The summed E-state index contributed by atoms with van der Waals surface area (Å²) in [4.78, 5) is 0. The van der Waals surface area contributed by atoms with Crippen LogP contribution in [0.15, 0.2) is 24.3 Å². The van der Waals surface area contributed by atoms with E-state index in [1.807, 2.05) is 0 Å². The van der Waals surface area contributed by atoms with Crippen LogP contribution < -0.4 is 10.8 Å². The van der Waals surface area contributed by atoms with E-state index in [1.165, 1.54) is 5.46 Å². The zero-order chi connectivity index (χ0) is 12.9. The molecule has 1 heterocycles. The highest BCUT2D eigenvalue weighted by molar-refractivity contribution is 7.83. The van der Waals surface area contributed by atoms with Crippen molar-refractivity contribution >= 4 is 25.7 Å². The molecule has 0 aromatic heterocycles. The van der Waals surface area contributed by atoms with Gasteiger partial charge in [-0.3, -0.25) is 0 Å². The summed E-state index contributed by atoms with van der Waals surface area (Å²) in [6.45, 7) is 14.1. The van der Waals surface area contributed by atoms with Crippen molar-refractivity contribution in [3.8, 4) is 0 Å². The fourth-order valence-electron chi connectivity index (χ4n) is 3.70. The second kappa shape index (κ2) is 3.83. The quantitative estimate of drug-likeness (QED) is 0.508. The Labute approximate surface area is 107 Å². The molecule has 17 heavy (non-hydrogen) atoms. The second-order valence-corrected chi connectivity index (χ2v) is 11.9. The topological polar surface area (TPSA) is 9.23 Å². The summed E-state index contributed by atoms with van der Waals surface area (Å²) < 4.78 is 6.58. The Morgan fingerprint density at radius 3 is 2.00 bits per heavy atom. The van der Waals surface area contributed by atoms with Crippen molar-refractivity contribution in [2.24, 2.45) is 0 Å². The average Bonchev–Trinajstić information content (AvgIpc) is 2.55. The van der Waals surface area contributed by atoms with E-state index in [-0.39, 0.29) is 10.3 Å². The number of hydrogen-bond donors (Lipinski definition) is 0. The molecule has 94 valence electrons. The Balaban J connectivity index is 2.68. The van der Waals surface area contributed by atoms with Crippen LogP contribution in [0.25, 0.3) is 0 Å². The zero-order valence-electron chi connectivity index (χ0n) is 12.2. The molecule has 0 saturated carbocycles. The zero-order valence-corrected chi connectivity index (χ0v) is 13.1. The third-order valence-electron chi connectivity index (χ3n) is 3.93. The minimum atomic E-state index is -1.55. The average molecular weight is 250 g/mol. The van der Waals surface area contributed by atoms with E-state index in [4.69, 9.17) is 4.44 Å². The summed E-state index contributed by atoms with van der Waals surface area (Å²) in [6.07, 6.45) is 0. The van der Waals surface area contributed by atoms with Gasteiger partial charge in [-0.05, 0) is 47.6 Å². The molecule has 0 bridgehead atoms. The lowest BCUT2D eigenvalue weighted by Gasteiger charge is -2.46. The lowest BCUT2D eigenvalue weighted by atomic mass is 9.89. The first-order valence-corrected chi connectivity index (χ1v) is 8.30. The van der Waals surface area contributed by atoms with Crippen LogP contribution in [-0.2, 0) is 4.44 Å². The maximum Gasteiger partial charge on any atom is 0.171 e. The molecule has 0 fully saturated rings. The molecular formula is C14H24BOP. The first kappa shape index (κ1) is 13.1. The molecule has 1 aromatic carbocycles. The summed E-state index contributed by atoms with van der Waals surface area (Å²) in [5.41, 5.74) is 1.52. The first-order valence-electron chi connectivity index (χ1n) is 6.59. The predicted molar refractivity (Wildman–Crippen MR) is 81.8 cm³/mol. The van der Waals surface area contributed by atoms with E-state index >= 15 is 0 Å². The largest absolute Gasteiger partial charge is 0.440 e. The molecule has 1 aromatic rings. The van der Waals surface area contributed by atoms with E-state index in [9.17, 15) is 0 Å². The normalized spacial score (nSPS) is 19.2. The minimum Gasteiger partial charge on any atom is -0.440 e. The van der Waals surface area contributed by atoms with Crippen molar-refractivity contribution < 1.29 is 4.44 Å². The molecular weight excluding hydrogens is 226 g/mol. The molecule has 1 aliphatic heterocycles. The number of fused-ring (bicyclic) bond motifs is 1. The van der Waals surface area contributed by atoms with Crippen LogP contribution in [0.1, 0.15) is 41.5 Å². The summed E-state index contributed by atoms with van der Waals surface area (Å²) in [7, 11) is -1.94. The molecule has 2 rings (SSSR count). The smallest absolute Gasteiger partial charge is 0.171 e. The van der Waals surface area contributed by atoms with Crippen molar-refractivity contribution in [2.75, 3.05) is 0 Å². The number of rotatable bonds is 0. The van der Waals surface area contributed by atoms with Crippen molar-refractivity contribution in [1.29, 1.82) is 0 Å². The van der Waals surface area contributed by atoms with Gasteiger partial charge in [-0.1, -0.05) is 18.2 Å². The Morgan fingerprint density at radius 1 is 0.941 bits per heavy atom. The van der Waals surface area contributed by atoms with Crippen LogP contribution in [0.2, 0.25) is 0 Å². The van der Waals surface area contributed by atoms with Gasteiger partial charge in [-0.25, -0.2) is 0 Å². The van der Waals surface area contributed by atoms with Crippen LogP contribution in [-0.4, -0.2) is 17.8 Å². The summed E-state index contributed by atoms with van der Waals surface area (Å²) in [5, 5.41) is 1.99. The Kier molecular flexibility index (Phi) is 2.96. The highest BCUT2D eigenvalue weighted by atomic mass is 31.2. The Hall–Kier alpha value is -0.325. The van der Waals surface area contributed by atoms with E-state index in [0.717, 1.165) is 0 Å². The fraction of sp³-hybridized carbons (Fsp3) is 0.571. The third-order valence-corrected chi connectivity index (χ3v) is 9.62. The molecule has 0 amide bonds. The molecule has 1 nitrogen and oxygen atoms in total. The van der Waals surface area contributed by atoms with Gasteiger partial charge in [0.1, 0.15) is 7.49 Å². The monoisotopic (exact) mass is 250 g/mol. The Morgan fingerprint density at radius 2 is 1.47 bits per heavy atom. The van der Waals surface area contributed by atoms with Gasteiger partial charge in [0.05, 0.1) is 15.6 Å². The molecule has 0 aliphatic carbocycles. The SMILES string of the molecule is CC(C)(C)[P+]1(C(C)(C)C)O[BH2-]c2ccccc21. The maximum atomic E-state index is 6.58. The van der Waals surface area contributed by atoms with Gasteiger partial charge in [0.25, 0.3) is 0 Å². The first-order chi connectivity index (χ1) is 7.70. The van der Waals surface area contributed by atoms with Crippen molar-refractivity contribution in [3.05, 3.63) is 24.3 Å². The van der Waals surface area contributed by atoms with Crippen LogP contribution in [0, 0.1) is 0 Å². The summed E-state index contributed by atoms with van der Waals surface area (Å²) >= 11 is 0. The predicted octanol–water partition coefficient (Wildman–Crippen LogP) is 2.58. The van der Waals surface area contributed by atoms with E-state index in [0.29, 0.717) is 0 Å². The van der Waals surface area contributed by atoms with E-state index in [2.05, 4.69) is 65.8 Å². The maximum absolute atomic E-state index is 6.58. The fourth-order valence-corrected chi connectivity index (χ4v) is 9.88. The van der Waals surface area contributed by atoms with Crippen molar-refractivity contribution in [3.63, 3.8) is 0 Å². The molecule has 0 unspecified atom stereocenters. The van der Waals surface area contributed by atoms with Gasteiger partial charge in [-0.2, -0.15) is 0 Å². The highest BCUT2D eigenvalue weighted by Crippen LogP contribution is 2.77. The summed E-state index contributed by atoms with van der Waals surface area (Å²) in [6, 6.07) is 8.91. The molecule has 3 heteroatoms. The van der Waals surface area contributed by atoms with Gasteiger partial charge in [0.15, 0.2) is 7.48 Å². The van der Waals surface area contributed by atoms with Gasteiger partial charge in [-0.15, -0.1) is 5.46 Å². The molecule has 0 N–H and O–H groups in total. The highest BCUT2D eigenvalue weighted by Gasteiger charge is 2.61. The third kappa shape index (κ3) is 1.77. The van der Waals surface area contributed by atoms with Crippen LogP contribution in [0.3, 0.4) is 0 Å². The summed E-state index contributed by atoms with van der Waals surface area (Å²) in [5.74, 6) is 0. The van der Waals surface area contributed by atoms with Gasteiger partial charge in [0, 0.05) is 0 Å². The number of hydrogen-bond acceptors (Lipinski definition) is 1. The van der Waals surface area contributed by atoms with Crippen LogP contribution in [0.5, 0.6) is 0 Å². The lowest BCUT2D eigenvalue weighted by molar-refractivity contribution is 0.551. The standard InChI is InChI=1S/C14H24BOP/c1-13(2,3)17(14(4,5)6)12-10-8-7-9-11(12)15-16-17/h7-10H,15H2,1-6H3. The van der Waals surface area contributed by atoms with Crippen LogP contribution >= 0.6 is 7.49 Å². The molecule has 0 spiro atoms. The number of benzene rings is 1. The lowest BCUT2D eigenvalue weighted by Crippen LogP contribution is -2.40. The molecule has 0 atom stereocenters. The van der Waals surface area contributed by atoms with Gasteiger partial charge >= 0.3 is 0 Å². The Bertz CT molecular complexity index is 415. The van der Waals surface area contributed by atoms with Crippen LogP contribution in [0.4, 0.5) is 0 Å². The van der Waals surface area contributed by atoms with Crippen molar-refractivity contribution in [1.82, 2.24) is 0 Å². The van der Waals surface area contributed by atoms with Crippen molar-refractivity contribution in [2.45, 2.75) is 51.9 Å².